The van der Waals surface area contributed by atoms with Crippen molar-refractivity contribution in [3.63, 3.8) is 0 Å². The van der Waals surface area contributed by atoms with Gasteiger partial charge in [0.2, 0.25) is 11.7 Å². The SMILES string of the molecule is Clc1ccc(-c2noc(CN3CCC[C@H]3c3ccccc3)n2)cc1. The number of likely N-dealkylation sites (tertiary alicyclic amines) is 1. The van der Waals surface area contributed by atoms with Gasteiger partial charge in [0.05, 0.1) is 6.54 Å². The molecule has 0 radical (unpaired) electrons. The Bertz CT molecular complexity index is 801. The normalized spacial score (nSPS) is 18.1. The summed E-state index contributed by atoms with van der Waals surface area (Å²) in [6, 6.07) is 18.5. The van der Waals surface area contributed by atoms with Gasteiger partial charge < -0.3 is 4.52 Å². The highest BCUT2D eigenvalue weighted by atomic mass is 35.5. The Hall–Kier alpha value is -2.17. The molecule has 0 amide bonds. The van der Waals surface area contributed by atoms with E-state index in [1.165, 1.54) is 18.4 Å². The minimum Gasteiger partial charge on any atom is -0.338 e. The molecule has 1 aliphatic rings. The molecule has 4 rings (SSSR count). The molecule has 1 aliphatic heterocycles. The van der Waals surface area contributed by atoms with Crippen molar-refractivity contribution in [3.05, 3.63) is 71.1 Å². The summed E-state index contributed by atoms with van der Waals surface area (Å²) in [5.41, 5.74) is 2.27. The van der Waals surface area contributed by atoms with E-state index in [4.69, 9.17) is 16.1 Å². The third kappa shape index (κ3) is 3.21. The molecule has 2 aromatic carbocycles. The second-order valence-corrected chi connectivity index (χ2v) is 6.49. The van der Waals surface area contributed by atoms with Gasteiger partial charge in [-0.15, -0.1) is 0 Å². The van der Waals surface area contributed by atoms with Crippen LogP contribution in [-0.2, 0) is 6.54 Å². The van der Waals surface area contributed by atoms with Gasteiger partial charge in [-0.25, -0.2) is 0 Å². The summed E-state index contributed by atoms with van der Waals surface area (Å²) in [5.74, 6) is 1.26. The first-order valence-electron chi connectivity index (χ1n) is 8.17. The molecule has 122 valence electrons. The minimum atomic E-state index is 0.428. The highest BCUT2D eigenvalue weighted by Gasteiger charge is 2.27. The lowest BCUT2D eigenvalue weighted by atomic mass is 10.0. The van der Waals surface area contributed by atoms with Crippen LogP contribution in [0.1, 0.15) is 30.3 Å². The Kier molecular flexibility index (Phi) is 4.32. The number of hydrogen-bond acceptors (Lipinski definition) is 4. The molecular formula is C19H18ClN3O. The Morgan fingerprint density at radius 1 is 1.08 bits per heavy atom. The van der Waals surface area contributed by atoms with E-state index in [0.29, 0.717) is 29.3 Å². The predicted molar refractivity (Wildman–Crippen MR) is 93.6 cm³/mol. The van der Waals surface area contributed by atoms with Gasteiger partial charge in [0, 0.05) is 16.6 Å². The fourth-order valence-electron chi connectivity index (χ4n) is 3.28. The van der Waals surface area contributed by atoms with Crippen molar-refractivity contribution in [1.82, 2.24) is 15.0 Å². The van der Waals surface area contributed by atoms with Crippen LogP contribution in [0.5, 0.6) is 0 Å². The average molecular weight is 340 g/mol. The van der Waals surface area contributed by atoms with Crippen molar-refractivity contribution in [2.75, 3.05) is 6.54 Å². The molecule has 0 saturated carbocycles. The van der Waals surface area contributed by atoms with Crippen LogP contribution in [0.4, 0.5) is 0 Å². The molecule has 2 heterocycles. The number of benzene rings is 2. The van der Waals surface area contributed by atoms with E-state index in [-0.39, 0.29) is 0 Å². The summed E-state index contributed by atoms with van der Waals surface area (Å²) in [4.78, 5) is 6.95. The Morgan fingerprint density at radius 3 is 2.67 bits per heavy atom. The zero-order valence-electron chi connectivity index (χ0n) is 13.2. The molecule has 3 aromatic rings. The van der Waals surface area contributed by atoms with Crippen molar-refractivity contribution in [3.8, 4) is 11.4 Å². The predicted octanol–water partition coefficient (Wildman–Crippen LogP) is 4.73. The smallest absolute Gasteiger partial charge is 0.241 e. The molecule has 4 nitrogen and oxygen atoms in total. The maximum atomic E-state index is 5.92. The molecule has 0 aliphatic carbocycles. The zero-order chi connectivity index (χ0) is 16.4. The van der Waals surface area contributed by atoms with Crippen molar-refractivity contribution in [2.24, 2.45) is 0 Å². The summed E-state index contributed by atoms with van der Waals surface area (Å²) in [5, 5.41) is 4.80. The van der Waals surface area contributed by atoms with Crippen molar-refractivity contribution >= 4 is 11.6 Å². The zero-order valence-corrected chi connectivity index (χ0v) is 14.0. The maximum absolute atomic E-state index is 5.92. The lowest BCUT2D eigenvalue weighted by molar-refractivity contribution is 0.212. The molecule has 1 saturated heterocycles. The number of halogens is 1. The molecule has 1 aromatic heterocycles. The molecule has 0 spiro atoms. The second-order valence-electron chi connectivity index (χ2n) is 6.06. The largest absolute Gasteiger partial charge is 0.338 e. The van der Waals surface area contributed by atoms with Gasteiger partial charge in [0.15, 0.2) is 0 Å². The van der Waals surface area contributed by atoms with Crippen LogP contribution >= 0.6 is 11.6 Å². The summed E-state index contributed by atoms with van der Waals surface area (Å²) >= 11 is 5.92. The van der Waals surface area contributed by atoms with E-state index < -0.39 is 0 Å². The number of hydrogen-bond donors (Lipinski definition) is 0. The summed E-state index contributed by atoms with van der Waals surface area (Å²) < 4.78 is 5.46. The molecule has 0 unspecified atom stereocenters. The van der Waals surface area contributed by atoms with Crippen molar-refractivity contribution in [2.45, 2.75) is 25.4 Å². The standard InChI is InChI=1S/C19H18ClN3O/c20-16-10-8-15(9-11-16)19-21-18(24-22-19)13-23-12-4-7-17(23)14-5-2-1-3-6-14/h1-3,5-6,8-11,17H,4,7,12-13H2/t17-/m0/s1. The van der Waals surface area contributed by atoms with Gasteiger partial charge in [-0.2, -0.15) is 4.98 Å². The van der Waals surface area contributed by atoms with Gasteiger partial charge in [-0.05, 0) is 49.2 Å². The van der Waals surface area contributed by atoms with E-state index in [1.807, 2.05) is 24.3 Å². The fraction of sp³-hybridized carbons (Fsp3) is 0.263. The lowest BCUT2D eigenvalue weighted by Crippen LogP contribution is -2.22. The topological polar surface area (TPSA) is 42.2 Å². The van der Waals surface area contributed by atoms with Crippen LogP contribution in [0, 0.1) is 0 Å². The molecule has 1 fully saturated rings. The Balaban J connectivity index is 1.50. The van der Waals surface area contributed by atoms with Gasteiger partial charge in [-0.3, -0.25) is 4.90 Å². The van der Waals surface area contributed by atoms with E-state index in [1.54, 1.807) is 0 Å². The van der Waals surface area contributed by atoms with Gasteiger partial charge in [-0.1, -0.05) is 47.1 Å². The van der Waals surface area contributed by atoms with E-state index in [9.17, 15) is 0 Å². The molecular weight excluding hydrogens is 322 g/mol. The molecule has 1 atom stereocenters. The summed E-state index contributed by atoms with van der Waals surface area (Å²) in [6.07, 6.45) is 2.36. The first-order chi connectivity index (χ1) is 11.8. The number of rotatable bonds is 4. The van der Waals surface area contributed by atoms with Crippen LogP contribution < -0.4 is 0 Å². The molecule has 0 bridgehead atoms. The van der Waals surface area contributed by atoms with Crippen LogP contribution in [0.25, 0.3) is 11.4 Å². The van der Waals surface area contributed by atoms with E-state index in [2.05, 4.69) is 45.4 Å². The highest BCUT2D eigenvalue weighted by Crippen LogP contribution is 2.33. The third-order valence-corrected chi connectivity index (χ3v) is 4.71. The maximum Gasteiger partial charge on any atom is 0.241 e. The quantitative estimate of drug-likeness (QED) is 0.689. The number of aromatic nitrogens is 2. The second kappa shape index (κ2) is 6.75. The lowest BCUT2D eigenvalue weighted by Gasteiger charge is -2.22. The highest BCUT2D eigenvalue weighted by molar-refractivity contribution is 6.30. The van der Waals surface area contributed by atoms with Crippen LogP contribution in [-0.4, -0.2) is 21.6 Å². The number of nitrogens with zero attached hydrogens (tertiary/aromatic N) is 3. The Morgan fingerprint density at radius 2 is 1.88 bits per heavy atom. The first-order valence-corrected chi connectivity index (χ1v) is 8.55. The van der Waals surface area contributed by atoms with Gasteiger partial charge in [0.25, 0.3) is 0 Å². The summed E-state index contributed by atoms with van der Waals surface area (Å²) in [7, 11) is 0. The van der Waals surface area contributed by atoms with Crippen molar-refractivity contribution in [1.29, 1.82) is 0 Å². The van der Waals surface area contributed by atoms with Crippen LogP contribution in [0.2, 0.25) is 5.02 Å². The van der Waals surface area contributed by atoms with E-state index >= 15 is 0 Å². The van der Waals surface area contributed by atoms with Crippen LogP contribution in [0.15, 0.2) is 59.1 Å². The van der Waals surface area contributed by atoms with Crippen molar-refractivity contribution < 1.29 is 4.52 Å². The Labute approximate surface area is 146 Å². The van der Waals surface area contributed by atoms with E-state index in [0.717, 1.165) is 12.1 Å². The molecule has 0 N–H and O–H groups in total. The third-order valence-electron chi connectivity index (χ3n) is 4.46. The fourth-order valence-corrected chi connectivity index (χ4v) is 3.40. The monoisotopic (exact) mass is 339 g/mol. The molecule has 5 heteroatoms. The average Bonchev–Trinajstić information content (AvgIpc) is 3.26. The summed E-state index contributed by atoms with van der Waals surface area (Å²) in [6.45, 7) is 1.73. The van der Waals surface area contributed by atoms with Gasteiger partial charge in [0.1, 0.15) is 0 Å². The minimum absolute atomic E-state index is 0.428. The first kappa shape index (κ1) is 15.4. The van der Waals surface area contributed by atoms with Crippen LogP contribution in [0.3, 0.4) is 0 Å². The van der Waals surface area contributed by atoms with Gasteiger partial charge >= 0.3 is 0 Å². The molecule has 24 heavy (non-hydrogen) atoms.